The number of anilines is 1. The minimum Gasteiger partial charge on any atom is -0.398 e. The quantitative estimate of drug-likeness (QED) is 0.671. The molecule has 2 N–H and O–H groups in total. The number of benzene rings is 1. The molecule has 0 aliphatic rings. The van der Waals surface area contributed by atoms with Gasteiger partial charge in [0.15, 0.2) is 11.4 Å². The van der Waals surface area contributed by atoms with Gasteiger partial charge in [-0.25, -0.2) is 4.98 Å². The number of rotatable bonds is 1. The third kappa shape index (κ3) is 1.57. The predicted molar refractivity (Wildman–Crippen MR) is 72.7 cm³/mol. The maximum absolute atomic E-state index is 9.21. The molecule has 0 aliphatic carbocycles. The molecule has 6 nitrogen and oxygen atoms in total. The van der Waals surface area contributed by atoms with Crippen molar-refractivity contribution in [2.75, 3.05) is 5.73 Å². The molecule has 0 aliphatic heterocycles. The molecule has 6 heteroatoms. The van der Waals surface area contributed by atoms with Crippen molar-refractivity contribution in [3.05, 3.63) is 48.3 Å². The van der Waals surface area contributed by atoms with Crippen molar-refractivity contribution in [2.24, 2.45) is 0 Å². The summed E-state index contributed by atoms with van der Waals surface area (Å²) in [7, 11) is 0. The summed E-state index contributed by atoms with van der Waals surface area (Å²) in [5.74, 6) is 0. The van der Waals surface area contributed by atoms with Crippen LogP contribution in [-0.2, 0) is 0 Å². The van der Waals surface area contributed by atoms with Crippen LogP contribution in [0.5, 0.6) is 0 Å². The Labute approximate surface area is 114 Å². The fraction of sp³-hybridized carbons (Fsp3) is 0. The van der Waals surface area contributed by atoms with E-state index in [2.05, 4.69) is 9.97 Å². The van der Waals surface area contributed by atoms with E-state index >= 15 is 0 Å². The second kappa shape index (κ2) is 4.38. The Bertz CT molecular complexity index is 894. The Hall–Kier alpha value is -3.38. The highest BCUT2D eigenvalue weighted by Gasteiger charge is 2.14. The molecule has 94 valence electrons. The normalized spacial score (nSPS) is 10.1. The molecule has 0 bridgehead atoms. The Kier molecular flexibility index (Phi) is 2.56. The minimum absolute atomic E-state index is 0.103. The van der Waals surface area contributed by atoms with E-state index < -0.39 is 0 Å². The summed E-state index contributed by atoms with van der Waals surface area (Å²) in [5.41, 5.74) is 7.58. The topological polar surface area (TPSA) is 104 Å². The van der Waals surface area contributed by atoms with Crippen molar-refractivity contribution in [1.82, 2.24) is 14.5 Å². The first kappa shape index (κ1) is 11.7. The van der Waals surface area contributed by atoms with Gasteiger partial charge in [-0.3, -0.25) is 9.55 Å². The molecule has 3 aromatic rings. The van der Waals surface area contributed by atoms with Crippen LogP contribution in [-0.4, -0.2) is 14.5 Å². The van der Waals surface area contributed by atoms with Gasteiger partial charge in [-0.05, 0) is 18.2 Å². The van der Waals surface area contributed by atoms with E-state index in [4.69, 9.17) is 11.0 Å². The van der Waals surface area contributed by atoms with Gasteiger partial charge in [0.05, 0.1) is 5.69 Å². The van der Waals surface area contributed by atoms with Gasteiger partial charge in [0.1, 0.15) is 18.5 Å². The summed E-state index contributed by atoms with van der Waals surface area (Å²) in [6, 6.07) is 9.26. The van der Waals surface area contributed by atoms with Crippen LogP contribution < -0.4 is 5.73 Å². The van der Waals surface area contributed by atoms with E-state index in [0.717, 1.165) is 16.5 Å². The number of pyridine rings is 1. The number of nitriles is 2. The Balaban J connectivity index is 2.38. The fourth-order valence-corrected chi connectivity index (χ4v) is 2.13. The number of nitrogen functional groups attached to an aromatic ring is 1. The van der Waals surface area contributed by atoms with E-state index in [-0.39, 0.29) is 11.4 Å². The van der Waals surface area contributed by atoms with E-state index in [1.165, 1.54) is 6.33 Å². The van der Waals surface area contributed by atoms with E-state index in [1.54, 1.807) is 29.1 Å². The highest BCUT2D eigenvalue weighted by Crippen LogP contribution is 2.27. The van der Waals surface area contributed by atoms with Gasteiger partial charge in [-0.2, -0.15) is 10.5 Å². The van der Waals surface area contributed by atoms with Crippen molar-refractivity contribution >= 4 is 16.5 Å². The molecular weight excluding hydrogens is 252 g/mol. The molecule has 3 rings (SSSR count). The average molecular weight is 260 g/mol. The monoisotopic (exact) mass is 260 g/mol. The van der Waals surface area contributed by atoms with Crippen molar-refractivity contribution in [3.8, 4) is 17.8 Å². The van der Waals surface area contributed by atoms with Gasteiger partial charge in [0.2, 0.25) is 0 Å². The SMILES string of the molecule is N#Cc1ncn(-c2ccc(N)c3cnccc23)c1C#N. The van der Waals surface area contributed by atoms with Gasteiger partial charge < -0.3 is 5.73 Å². The van der Waals surface area contributed by atoms with Crippen molar-refractivity contribution < 1.29 is 0 Å². The average Bonchev–Trinajstić information content (AvgIpc) is 2.90. The first-order chi connectivity index (χ1) is 9.76. The van der Waals surface area contributed by atoms with Gasteiger partial charge in [0.25, 0.3) is 0 Å². The number of nitrogens with zero attached hydrogens (tertiary/aromatic N) is 5. The van der Waals surface area contributed by atoms with Gasteiger partial charge in [-0.15, -0.1) is 0 Å². The summed E-state index contributed by atoms with van der Waals surface area (Å²) >= 11 is 0. The standard InChI is InChI=1S/C14H8N6/c15-5-12-14(6-16)20(8-19-12)13-2-1-11(17)10-7-18-4-3-9(10)13/h1-4,7-8H,17H2. The summed E-state index contributed by atoms with van der Waals surface area (Å²) in [5, 5.41) is 19.8. The lowest BCUT2D eigenvalue weighted by Crippen LogP contribution is -1.99. The second-order valence-corrected chi connectivity index (χ2v) is 4.13. The highest BCUT2D eigenvalue weighted by molar-refractivity contribution is 5.97. The summed E-state index contributed by atoms with van der Waals surface area (Å²) < 4.78 is 1.58. The van der Waals surface area contributed by atoms with Crippen molar-refractivity contribution in [1.29, 1.82) is 10.5 Å². The highest BCUT2D eigenvalue weighted by atomic mass is 15.1. The van der Waals surface area contributed by atoms with E-state index in [9.17, 15) is 5.26 Å². The fourth-order valence-electron chi connectivity index (χ4n) is 2.13. The van der Waals surface area contributed by atoms with Crippen LogP contribution >= 0.6 is 0 Å². The zero-order valence-corrected chi connectivity index (χ0v) is 10.3. The molecule has 0 radical (unpaired) electrons. The molecule has 0 unspecified atom stereocenters. The molecule has 0 saturated carbocycles. The first-order valence-corrected chi connectivity index (χ1v) is 5.76. The minimum atomic E-state index is 0.103. The lowest BCUT2D eigenvalue weighted by molar-refractivity contribution is 1.05. The number of aromatic nitrogens is 3. The number of nitrogens with two attached hydrogens (primary N) is 1. The third-order valence-electron chi connectivity index (χ3n) is 3.07. The second-order valence-electron chi connectivity index (χ2n) is 4.13. The Morgan fingerprint density at radius 2 is 1.95 bits per heavy atom. The van der Waals surface area contributed by atoms with E-state index in [0.29, 0.717) is 5.69 Å². The van der Waals surface area contributed by atoms with Crippen LogP contribution in [0.2, 0.25) is 0 Å². The maximum Gasteiger partial charge on any atom is 0.177 e. The van der Waals surface area contributed by atoms with Crippen LogP contribution in [0.25, 0.3) is 16.5 Å². The zero-order valence-electron chi connectivity index (χ0n) is 10.3. The molecule has 2 aromatic heterocycles. The van der Waals surface area contributed by atoms with Gasteiger partial charge >= 0.3 is 0 Å². The largest absolute Gasteiger partial charge is 0.398 e. The molecule has 2 heterocycles. The van der Waals surface area contributed by atoms with Gasteiger partial charge in [-0.1, -0.05) is 0 Å². The summed E-state index contributed by atoms with van der Waals surface area (Å²) in [6.45, 7) is 0. The molecule has 0 atom stereocenters. The first-order valence-electron chi connectivity index (χ1n) is 5.76. The van der Waals surface area contributed by atoms with E-state index in [1.807, 2.05) is 18.2 Å². The molecule has 20 heavy (non-hydrogen) atoms. The number of hydrogen-bond acceptors (Lipinski definition) is 5. The number of fused-ring (bicyclic) bond motifs is 1. The van der Waals surface area contributed by atoms with Gasteiger partial charge in [0, 0.05) is 28.9 Å². The Morgan fingerprint density at radius 1 is 1.10 bits per heavy atom. The Morgan fingerprint density at radius 3 is 2.70 bits per heavy atom. The third-order valence-corrected chi connectivity index (χ3v) is 3.07. The number of imidazole rings is 1. The molecule has 0 fully saturated rings. The van der Waals surface area contributed by atoms with Crippen LogP contribution in [0.3, 0.4) is 0 Å². The maximum atomic E-state index is 9.21. The molecular formula is C14H8N6. The van der Waals surface area contributed by atoms with Crippen LogP contribution in [0, 0.1) is 22.7 Å². The van der Waals surface area contributed by atoms with Crippen LogP contribution in [0.1, 0.15) is 11.4 Å². The smallest absolute Gasteiger partial charge is 0.177 e. The van der Waals surface area contributed by atoms with Crippen molar-refractivity contribution in [3.63, 3.8) is 0 Å². The summed E-state index contributed by atoms with van der Waals surface area (Å²) in [4.78, 5) is 7.99. The number of hydrogen-bond donors (Lipinski definition) is 1. The molecule has 0 amide bonds. The predicted octanol–water partition coefficient (Wildman–Crippen LogP) is 1.75. The lowest BCUT2D eigenvalue weighted by Gasteiger charge is -2.09. The van der Waals surface area contributed by atoms with Crippen LogP contribution in [0.15, 0.2) is 36.9 Å². The lowest BCUT2D eigenvalue weighted by atomic mass is 10.1. The molecule has 0 spiro atoms. The molecule has 0 saturated heterocycles. The molecule has 1 aromatic carbocycles. The van der Waals surface area contributed by atoms with Crippen molar-refractivity contribution in [2.45, 2.75) is 0 Å². The van der Waals surface area contributed by atoms with Crippen LogP contribution in [0.4, 0.5) is 5.69 Å². The zero-order chi connectivity index (χ0) is 14.1. The summed E-state index contributed by atoms with van der Waals surface area (Å²) in [6.07, 6.45) is 4.78.